The van der Waals surface area contributed by atoms with Gasteiger partial charge in [0.1, 0.15) is 6.04 Å². The zero-order chi connectivity index (χ0) is 19.4. The van der Waals surface area contributed by atoms with Gasteiger partial charge in [-0.1, -0.05) is 48.0 Å². The molecule has 142 valence electrons. The third-order valence-corrected chi connectivity index (χ3v) is 4.99. The van der Waals surface area contributed by atoms with Gasteiger partial charge in [0.2, 0.25) is 11.8 Å². The van der Waals surface area contributed by atoms with Gasteiger partial charge in [-0.15, -0.1) is 0 Å². The molecule has 3 rings (SSSR count). The number of nitrogens with one attached hydrogen (secondary N) is 2. The minimum atomic E-state index is -0.587. The van der Waals surface area contributed by atoms with Crippen LogP contribution in [-0.2, 0) is 9.59 Å². The molecule has 1 saturated carbocycles. The Bertz CT molecular complexity index is 821. The number of anilines is 1. The number of rotatable bonds is 7. The fourth-order valence-electron chi connectivity index (χ4n) is 2.94. The molecule has 27 heavy (non-hydrogen) atoms. The number of carbonyl (C=O) groups is 2. The van der Waals surface area contributed by atoms with Gasteiger partial charge in [0, 0.05) is 16.8 Å². The quantitative estimate of drug-likeness (QED) is 0.766. The lowest BCUT2D eigenvalue weighted by Crippen LogP contribution is -2.41. The van der Waals surface area contributed by atoms with Gasteiger partial charge < -0.3 is 10.6 Å². The first-order chi connectivity index (χ1) is 12.9. The maximum Gasteiger partial charge on any atom is 0.246 e. The monoisotopic (exact) mass is 385 g/mol. The van der Waals surface area contributed by atoms with Gasteiger partial charge in [-0.25, -0.2) is 0 Å². The zero-order valence-corrected chi connectivity index (χ0v) is 16.3. The molecule has 0 saturated heterocycles. The van der Waals surface area contributed by atoms with E-state index in [4.69, 9.17) is 11.6 Å². The summed E-state index contributed by atoms with van der Waals surface area (Å²) < 4.78 is 0. The standard InChI is InChI=1S/C21H24ClN3O2/c1-14-8-9-17(12-18(14)22)24-21(27)20(15-6-4-3-5-7-15)25(2)13-19(26)23-16-10-11-16/h3-9,12,16,20H,10-11,13H2,1-2H3,(H,23,26)(H,24,27)/t20-/m1/s1. The van der Waals surface area contributed by atoms with Gasteiger partial charge in [-0.3, -0.25) is 14.5 Å². The Morgan fingerprint density at radius 3 is 2.52 bits per heavy atom. The highest BCUT2D eigenvalue weighted by atomic mass is 35.5. The lowest BCUT2D eigenvalue weighted by atomic mass is 10.0. The van der Waals surface area contributed by atoms with E-state index in [1.807, 2.05) is 49.4 Å². The second-order valence-corrected chi connectivity index (χ2v) is 7.43. The van der Waals surface area contributed by atoms with Crippen LogP contribution in [0.2, 0.25) is 5.02 Å². The van der Waals surface area contributed by atoms with E-state index in [2.05, 4.69) is 10.6 Å². The van der Waals surface area contributed by atoms with Gasteiger partial charge in [0.05, 0.1) is 6.54 Å². The molecule has 0 aromatic heterocycles. The summed E-state index contributed by atoms with van der Waals surface area (Å²) >= 11 is 6.16. The Labute approximate surface area is 164 Å². The molecule has 2 amide bonds. The third kappa shape index (κ3) is 5.31. The molecule has 2 aromatic carbocycles. The summed E-state index contributed by atoms with van der Waals surface area (Å²) in [5.41, 5.74) is 2.41. The summed E-state index contributed by atoms with van der Waals surface area (Å²) in [6, 6.07) is 14.6. The van der Waals surface area contributed by atoms with Crippen molar-refractivity contribution < 1.29 is 9.59 Å². The summed E-state index contributed by atoms with van der Waals surface area (Å²) in [5.74, 6) is -0.269. The maximum atomic E-state index is 13.0. The smallest absolute Gasteiger partial charge is 0.246 e. The molecular formula is C21H24ClN3O2. The molecule has 1 atom stereocenters. The average Bonchev–Trinajstić information content (AvgIpc) is 3.43. The fourth-order valence-corrected chi connectivity index (χ4v) is 3.12. The number of carbonyl (C=O) groups excluding carboxylic acids is 2. The van der Waals surface area contributed by atoms with Crippen molar-refractivity contribution >= 4 is 29.1 Å². The molecule has 5 nitrogen and oxygen atoms in total. The van der Waals surface area contributed by atoms with E-state index in [0.29, 0.717) is 16.8 Å². The van der Waals surface area contributed by atoms with Crippen molar-refractivity contribution in [2.24, 2.45) is 0 Å². The van der Waals surface area contributed by atoms with Gasteiger partial charge in [0.15, 0.2) is 0 Å². The first-order valence-electron chi connectivity index (χ1n) is 9.05. The minimum Gasteiger partial charge on any atom is -0.352 e. The lowest BCUT2D eigenvalue weighted by Gasteiger charge is -2.27. The van der Waals surface area contributed by atoms with Crippen molar-refractivity contribution in [2.45, 2.75) is 31.8 Å². The van der Waals surface area contributed by atoms with Crippen LogP contribution < -0.4 is 10.6 Å². The van der Waals surface area contributed by atoms with Crippen LogP contribution in [0.25, 0.3) is 0 Å². The highest BCUT2D eigenvalue weighted by Crippen LogP contribution is 2.24. The molecule has 1 aliphatic carbocycles. The van der Waals surface area contributed by atoms with E-state index >= 15 is 0 Å². The number of benzene rings is 2. The molecule has 6 heteroatoms. The van der Waals surface area contributed by atoms with Gasteiger partial charge >= 0.3 is 0 Å². The van der Waals surface area contributed by atoms with Crippen molar-refractivity contribution in [1.29, 1.82) is 0 Å². The molecule has 0 heterocycles. The van der Waals surface area contributed by atoms with Crippen LogP contribution in [0, 0.1) is 6.92 Å². The number of halogens is 1. The van der Waals surface area contributed by atoms with Gasteiger partial charge in [0.25, 0.3) is 0 Å². The normalized spacial score (nSPS) is 14.7. The van der Waals surface area contributed by atoms with Crippen LogP contribution in [0.15, 0.2) is 48.5 Å². The van der Waals surface area contributed by atoms with Crippen LogP contribution in [0.4, 0.5) is 5.69 Å². The summed E-state index contributed by atoms with van der Waals surface area (Å²) in [5, 5.41) is 6.48. The molecule has 1 fully saturated rings. The van der Waals surface area contributed by atoms with Crippen LogP contribution in [0.1, 0.15) is 30.0 Å². The molecule has 2 N–H and O–H groups in total. The summed E-state index contributed by atoms with van der Waals surface area (Å²) in [7, 11) is 1.78. The Kier molecular flexibility index (Phi) is 6.14. The maximum absolute atomic E-state index is 13.0. The van der Waals surface area contributed by atoms with Crippen LogP contribution in [0.5, 0.6) is 0 Å². The van der Waals surface area contributed by atoms with E-state index in [-0.39, 0.29) is 18.4 Å². The molecule has 0 unspecified atom stereocenters. The van der Waals surface area contributed by atoms with Crippen LogP contribution in [-0.4, -0.2) is 36.3 Å². The van der Waals surface area contributed by atoms with Gasteiger partial charge in [-0.2, -0.15) is 0 Å². The fraction of sp³-hybridized carbons (Fsp3) is 0.333. The minimum absolute atomic E-state index is 0.0629. The second-order valence-electron chi connectivity index (χ2n) is 7.02. The predicted molar refractivity (Wildman–Crippen MR) is 108 cm³/mol. The topological polar surface area (TPSA) is 61.4 Å². The highest BCUT2D eigenvalue weighted by Gasteiger charge is 2.29. The van der Waals surface area contributed by atoms with E-state index in [0.717, 1.165) is 24.0 Å². The van der Waals surface area contributed by atoms with E-state index in [1.165, 1.54) is 0 Å². The number of aryl methyl sites for hydroxylation is 1. The van der Waals surface area contributed by atoms with Crippen molar-refractivity contribution in [3.05, 3.63) is 64.7 Å². The first-order valence-corrected chi connectivity index (χ1v) is 9.43. The van der Waals surface area contributed by atoms with E-state index < -0.39 is 6.04 Å². The Morgan fingerprint density at radius 2 is 1.89 bits per heavy atom. The molecular weight excluding hydrogens is 362 g/mol. The Morgan fingerprint density at radius 1 is 1.19 bits per heavy atom. The largest absolute Gasteiger partial charge is 0.352 e. The van der Waals surface area contributed by atoms with Crippen molar-refractivity contribution in [3.63, 3.8) is 0 Å². The SMILES string of the molecule is Cc1ccc(NC(=O)[C@@H](c2ccccc2)N(C)CC(=O)NC2CC2)cc1Cl. The third-order valence-electron chi connectivity index (χ3n) is 4.58. The number of amides is 2. The van der Waals surface area contributed by atoms with E-state index in [9.17, 15) is 9.59 Å². The second kappa shape index (κ2) is 8.55. The lowest BCUT2D eigenvalue weighted by molar-refractivity contribution is -0.125. The van der Waals surface area contributed by atoms with Crippen LogP contribution in [0.3, 0.4) is 0 Å². The number of likely N-dealkylation sites (N-methyl/N-ethyl adjacent to an activating group) is 1. The Balaban J connectivity index is 1.76. The van der Waals surface area contributed by atoms with Crippen molar-refractivity contribution in [3.8, 4) is 0 Å². The van der Waals surface area contributed by atoms with Crippen molar-refractivity contribution in [2.75, 3.05) is 18.9 Å². The number of nitrogens with zero attached hydrogens (tertiary/aromatic N) is 1. The first kappa shape index (κ1) is 19.4. The summed E-state index contributed by atoms with van der Waals surface area (Å²) in [6.45, 7) is 2.06. The zero-order valence-electron chi connectivity index (χ0n) is 15.5. The molecule has 0 bridgehead atoms. The summed E-state index contributed by atoms with van der Waals surface area (Å²) in [4.78, 5) is 27.0. The van der Waals surface area contributed by atoms with Crippen LogP contribution >= 0.6 is 11.6 Å². The average molecular weight is 386 g/mol. The molecule has 0 radical (unpaired) electrons. The molecule has 2 aromatic rings. The summed E-state index contributed by atoms with van der Waals surface area (Å²) in [6.07, 6.45) is 2.07. The number of hydrogen-bond donors (Lipinski definition) is 2. The molecule has 0 aliphatic heterocycles. The van der Waals surface area contributed by atoms with E-state index in [1.54, 1.807) is 18.0 Å². The predicted octanol–water partition coefficient (Wildman–Crippen LogP) is 3.54. The number of hydrogen-bond acceptors (Lipinski definition) is 3. The molecule has 1 aliphatic rings. The van der Waals surface area contributed by atoms with Crippen molar-refractivity contribution in [1.82, 2.24) is 10.2 Å². The highest BCUT2D eigenvalue weighted by molar-refractivity contribution is 6.31. The van der Waals surface area contributed by atoms with Gasteiger partial charge in [-0.05, 0) is 50.1 Å². The molecule has 0 spiro atoms. The Hall–Kier alpha value is -2.37.